The fraction of sp³-hybridized carbons (Fsp3) is 0.200. The fourth-order valence-corrected chi connectivity index (χ4v) is 3.28. The van der Waals surface area contributed by atoms with Crippen molar-refractivity contribution >= 4 is 12.2 Å². The number of fused-ring (bicyclic) bond motifs is 2. The van der Waals surface area contributed by atoms with Gasteiger partial charge in [0.1, 0.15) is 22.0 Å². The fourth-order valence-electron chi connectivity index (χ4n) is 3.02. The number of hydrogen-bond acceptors (Lipinski definition) is 4. The zero-order valence-electron chi connectivity index (χ0n) is 14.1. The SMILES string of the molecule is CCOc1ccc(-c2nc(=S)c3c([nH]2)Oc2c(C)cccc2C3)cc1. The first-order valence-corrected chi connectivity index (χ1v) is 8.69. The normalized spacial score (nSPS) is 12.1. The maximum absolute atomic E-state index is 6.13. The third kappa shape index (κ3) is 2.91. The first kappa shape index (κ1) is 15.8. The van der Waals surface area contributed by atoms with E-state index in [2.05, 4.69) is 16.0 Å². The molecule has 1 N–H and O–H groups in total. The third-order valence-corrected chi connectivity index (χ3v) is 4.62. The molecule has 4 nitrogen and oxygen atoms in total. The van der Waals surface area contributed by atoms with E-state index in [1.165, 1.54) is 0 Å². The van der Waals surface area contributed by atoms with Crippen LogP contribution in [0.25, 0.3) is 11.4 Å². The van der Waals surface area contributed by atoms with Crippen LogP contribution in [0, 0.1) is 11.6 Å². The minimum atomic E-state index is 0.574. The number of ether oxygens (including phenoxy) is 2. The highest BCUT2D eigenvalue weighted by molar-refractivity contribution is 7.71. The number of aromatic amines is 1. The highest BCUT2D eigenvalue weighted by atomic mass is 32.1. The Bertz CT molecular complexity index is 994. The molecule has 0 bridgehead atoms. The Kier molecular flexibility index (Phi) is 4.01. The number of benzene rings is 2. The van der Waals surface area contributed by atoms with Gasteiger partial charge in [-0.3, -0.25) is 0 Å². The molecule has 1 aliphatic rings. The van der Waals surface area contributed by atoms with Crippen LogP contribution < -0.4 is 9.47 Å². The summed E-state index contributed by atoms with van der Waals surface area (Å²) >= 11 is 5.52. The number of nitrogens with one attached hydrogen (secondary N) is 1. The highest BCUT2D eigenvalue weighted by Gasteiger charge is 2.21. The van der Waals surface area contributed by atoms with Crippen molar-refractivity contribution in [3.8, 4) is 28.8 Å². The van der Waals surface area contributed by atoms with Crippen LogP contribution in [0.3, 0.4) is 0 Å². The van der Waals surface area contributed by atoms with Crippen molar-refractivity contribution in [3.63, 3.8) is 0 Å². The van der Waals surface area contributed by atoms with Crippen LogP contribution in [0.2, 0.25) is 0 Å². The molecule has 0 spiro atoms. The molecule has 5 heteroatoms. The molecular formula is C20H18N2O2S. The first-order chi connectivity index (χ1) is 12.2. The van der Waals surface area contributed by atoms with E-state index in [-0.39, 0.29) is 0 Å². The number of hydrogen-bond donors (Lipinski definition) is 1. The Morgan fingerprint density at radius 1 is 1.20 bits per heavy atom. The van der Waals surface area contributed by atoms with Crippen molar-refractivity contribution < 1.29 is 9.47 Å². The van der Waals surface area contributed by atoms with Gasteiger partial charge in [-0.15, -0.1) is 0 Å². The van der Waals surface area contributed by atoms with Crippen molar-refractivity contribution in [1.82, 2.24) is 9.97 Å². The predicted octanol–water partition coefficient (Wildman–Crippen LogP) is 5.21. The molecule has 1 aromatic heterocycles. The summed E-state index contributed by atoms with van der Waals surface area (Å²) in [7, 11) is 0. The molecule has 2 aromatic carbocycles. The number of H-pyrrole nitrogens is 1. The summed E-state index contributed by atoms with van der Waals surface area (Å²) in [6.45, 7) is 4.66. The monoisotopic (exact) mass is 350 g/mol. The van der Waals surface area contributed by atoms with Crippen molar-refractivity contribution in [2.45, 2.75) is 20.3 Å². The number of nitrogens with zero attached hydrogens (tertiary/aromatic N) is 1. The minimum absolute atomic E-state index is 0.574. The summed E-state index contributed by atoms with van der Waals surface area (Å²) in [5, 5.41) is 0. The van der Waals surface area contributed by atoms with Crippen molar-refractivity contribution in [2.75, 3.05) is 6.61 Å². The smallest absolute Gasteiger partial charge is 0.205 e. The molecule has 4 rings (SSSR count). The lowest BCUT2D eigenvalue weighted by atomic mass is 10.0. The maximum Gasteiger partial charge on any atom is 0.205 e. The van der Waals surface area contributed by atoms with Crippen molar-refractivity contribution in [2.24, 2.45) is 0 Å². The molecule has 3 aromatic rings. The van der Waals surface area contributed by atoms with Gasteiger partial charge in [0.05, 0.1) is 12.2 Å². The van der Waals surface area contributed by atoms with E-state index in [0.29, 0.717) is 23.0 Å². The Morgan fingerprint density at radius 3 is 2.76 bits per heavy atom. The van der Waals surface area contributed by atoms with E-state index in [0.717, 1.165) is 40.2 Å². The van der Waals surface area contributed by atoms with Gasteiger partial charge in [0.15, 0.2) is 0 Å². The van der Waals surface area contributed by atoms with Crippen LogP contribution in [0.5, 0.6) is 17.4 Å². The number of para-hydroxylation sites is 1. The van der Waals surface area contributed by atoms with Gasteiger partial charge >= 0.3 is 0 Å². The average molecular weight is 350 g/mol. The van der Waals surface area contributed by atoms with Crippen LogP contribution in [0.1, 0.15) is 23.6 Å². The largest absolute Gasteiger partial charge is 0.494 e. The lowest BCUT2D eigenvalue weighted by Crippen LogP contribution is -2.08. The second kappa shape index (κ2) is 6.33. The van der Waals surface area contributed by atoms with Crippen molar-refractivity contribution in [1.29, 1.82) is 0 Å². The molecule has 126 valence electrons. The van der Waals surface area contributed by atoms with Gasteiger partial charge in [-0.2, -0.15) is 0 Å². The standard InChI is InChI=1S/C20H18N2O2S/c1-3-23-15-9-7-13(8-10-15)18-21-19-16(20(25)22-18)11-14-6-4-5-12(2)17(14)24-19/h4-10H,3,11H2,1-2H3,(H,21,22,25). The summed E-state index contributed by atoms with van der Waals surface area (Å²) in [5.41, 5.74) is 4.13. The Balaban J connectivity index is 1.74. The zero-order chi connectivity index (χ0) is 17.4. The van der Waals surface area contributed by atoms with E-state index < -0.39 is 0 Å². The van der Waals surface area contributed by atoms with Crippen LogP contribution in [0.15, 0.2) is 42.5 Å². The molecule has 0 fully saturated rings. The zero-order valence-corrected chi connectivity index (χ0v) is 14.9. The van der Waals surface area contributed by atoms with E-state index >= 15 is 0 Å². The van der Waals surface area contributed by atoms with Gasteiger partial charge in [0, 0.05) is 12.0 Å². The first-order valence-electron chi connectivity index (χ1n) is 8.28. The summed E-state index contributed by atoms with van der Waals surface area (Å²) in [4.78, 5) is 7.87. The minimum Gasteiger partial charge on any atom is -0.494 e. The van der Waals surface area contributed by atoms with Crippen LogP contribution in [-0.2, 0) is 6.42 Å². The lowest BCUT2D eigenvalue weighted by molar-refractivity contribution is 0.340. The summed E-state index contributed by atoms with van der Waals surface area (Å²) in [6.07, 6.45) is 0.734. The van der Waals surface area contributed by atoms with Gasteiger partial charge in [-0.25, -0.2) is 4.98 Å². The molecule has 0 amide bonds. The number of aryl methyl sites for hydroxylation is 1. The molecule has 0 saturated carbocycles. The van der Waals surface area contributed by atoms with Gasteiger partial charge in [-0.1, -0.05) is 30.4 Å². The van der Waals surface area contributed by atoms with E-state index in [1.54, 1.807) is 0 Å². The van der Waals surface area contributed by atoms with Gasteiger partial charge in [0.2, 0.25) is 5.88 Å². The number of rotatable bonds is 3. The molecule has 0 saturated heterocycles. The topological polar surface area (TPSA) is 47.1 Å². The van der Waals surface area contributed by atoms with E-state index in [9.17, 15) is 0 Å². The average Bonchev–Trinajstić information content (AvgIpc) is 2.62. The molecule has 0 radical (unpaired) electrons. The summed E-state index contributed by atoms with van der Waals surface area (Å²) in [5.74, 6) is 3.13. The lowest BCUT2D eigenvalue weighted by Gasteiger charge is -2.22. The third-order valence-electron chi connectivity index (χ3n) is 4.28. The van der Waals surface area contributed by atoms with Crippen LogP contribution >= 0.6 is 12.2 Å². The Hall–Kier alpha value is -2.66. The maximum atomic E-state index is 6.13. The highest BCUT2D eigenvalue weighted by Crippen LogP contribution is 2.38. The molecule has 1 aliphatic heterocycles. The van der Waals surface area contributed by atoms with Gasteiger partial charge in [0.25, 0.3) is 0 Å². The molecule has 25 heavy (non-hydrogen) atoms. The van der Waals surface area contributed by atoms with Crippen molar-refractivity contribution in [3.05, 3.63) is 63.8 Å². The Morgan fingerprint density at radius 2 is 2.00 bits per heavy atom. The van der Waals surface area contributed by atoms with Crippen LogP contribution in [-0.4, -0.2) is 16.6 Å². The Labute approximate surface area is 151 Å². The molecule has 2 heterocycles. The summed E-state index contributed by atoms with van der Waals surface area (Å²) in [6, 6.07) is 13.9. The predicted molar refractivity (Wildman–Crippen MR) is 100 cm³/mol. The second-order valence-corrected chi connectivity index (χ2v) is 6.38. The van der Waals surface area contributed by atoms with Gasteiger partial charge < -0.3 is 14.5 Å². The van der Waals surface area contributed by atoms with Crippen LogP contribution in [0.4, 0.5) is 0 Å². The second-order valence-electron chi connectivity index (χ2n) is 6.00. The quantitative estimate of drug-likeness (QED) is 0.515. The van der Waals surface area contributed by atoms with E-state index in [4.69, 9.17) is 21.7 Å². The molecular weight excluding hydrogens is 332 g/mol. The van der Waals surface area contributed by atoms with E-state index in [1.807, 2.05) is 50.2 Å². The summed E-state index contributed by atoms with van der Waals surface area (Å²) < 4.78 is 12.2. The van der Waals surface area contributed by atoms with Gasteiger partial charge in [-0.05, 0) is 49.2 Å². The number of aromatic nitrogens is 2. The molecule has 0 unspecified atom stereocenters. The molecule has 0 atom stereocenters. The molecule has 0 aliphatic carbocycles.